The lowest BCUT2D eigenvalue weighted by Crippen LogP contribution is -2.27. The summed E-state index contributed by atoms with van der Waals surface area (Å²) in [5.74, 6) is 0.155. The molecule has 0 aliphatic heterocycles. The first kappa shape index (κ1) is 19.8. The summed E-state index contributed by atoms with van der Waals surface area (Å²) in [4.78, 5) is 12.4. The van der Waals surface area contributed by atoms with Gasteiger partial charge < -0.3 is 11.1 Å². The van der Waals surface area contributed by atoms with Gasteiger partial charge in [-0.15, -0.1) is 0 Å². The Balaban J connectivity index is 1.25. The number of amides is 1. The zero-order valence-corrected chi connectivity index (χ0v) is 17.8. The summed E-state index contributed by atoms with van der Waals surface area (Å²) in [5.41, 5.74) is 10.3. The summed E-state index contributed by atoms with van der Waals surface area (Å²) >= 11 is 5.98. The highest BCUT2D eigenvalue weighted by Gasteiger charge is 2.51. The van der Waals surface area contributed by atoms with Gasteiger partial charge in [-0.25, -0.2) is 0 Å². The molecule has 154 valence electrons. The van der Waals surface area contributed by atoms with E-state index >= 15 is 0 Å². The smallest absolute Gasteiger partial charge is 0.255 e. The van der Waals surface area contributed by atoms with Crippen LogP contribution in [-0.4, -0.2) is 11.4 Å². The van der Waals surface area contributed by atoms with Crippen LogP contribution in [0.25, 0.3) is 10.8 Å². The molecule has 0 aromatic heterocycles. The van der Waals surface area contributed by atoms with Crippen LogP contribution >= 0.6 is 11.6 Å². The van der Waals surface area contributed by atoms with Gasteiger partial charge in [0.1, 0.15) is 0 Å². The summed E-state index contributed by atoms with van der Waals surface area (Å²) < 4.78 is 0. The second kappa shape index (κ2) is 7.84. The molecule has 1 aliphatic rings. The molecular weight excluding hydrogens is 404 g/mol. The van der Waals surface area contributed by atoms with Crippen molar-refractivity contribution in [2.24, 2.45) is 5.73 Å². The van der Waals surface area contributed by atoms with E-state index in [2.05, 4.69) is 59.9 Å². The van der Waals surface area contributed by atoms with E-state index in [1.165, 1.54) is 21.9 Å². The minimum Gasteiger partial charge on any atom is -0.324 e. The molecule has 1 amide bonds. The van der Waals surface area contributed by atoms with Crippen LogP contribution in [0.3, 0.4) is 0 Å². The highest BCUT2D eigenvalue weighted by atomic mass is 35.5. The maximum absolute atomic E-state index is 12.4. The third-order valence-corrected chi connectivity index (χ3v) is 6.36. The van der Waals surface area contributed by atoms with Gasteiger partial charge in [0, 0.05) is 27.7 Å². The first-order valence-electron chi connectivity index (χ1n) is 10.4. The first-order chi connectivity index (χ1) is 15.0. The number of halogens is 1. The van der Waals surface area contributed by atoms with Crippen LogP contribution in [0.1, 0.15) is 33.8 Å². The van der Waals surface area contributed by atoms with Crippen molar-refractivity contribution in [1.82, 2.24) is 0 Å². The van der Waals surface area contributed by atoms with Crippen LogP contribution in [0.5, 0.6) is 0 Å². The molecular formula is C27H23ClN2O. The number of carbonyl (C=O) groups excluding carboxylic acids is 1. The van der Waals surface area contributed by atoms with Gasteiger partial charge in [-0.05, 0) is 65.1 Å². The van der Waals surface area contributed by atoms with Gasteiger partial charge in [-0.2, -0.15) is 0 Å². The van der Waals surface area contributed by atoms with E-state index in [0.29, 0.717) is 16.5 Å². The van der Waals surface area contributed by atoms with Crippen LogP contribution in [0.2, 0.25) is 5.02 Å². The Labute approximate surface area is 186 Å². The van der Waals surface area contributed by atoms with E-state index in [4.69, 9.17) is 17.3 Å². The Morgan fingerprint density at radius 3 is 2.48 bits per heavy atom. The van der Waals surface area contributed by atoms with Crippen molar-refractivity contribution in [3.63, 3.8) is 0 Å². The summed E-state index contributed by atoms with van der Waals surface area (Å²) in [7, 11) is 0. The third-order valence-electron chi connectivity index (χ3n) is 6.12. The average Bonchev–Trinajstić information content (AvgIpc) is 3.44. The van der Waals surface area contributed by atoms with Crippen molar-refractivity contribution in [3.05, 3.63) is 113 Å². The fourth-order valence-electron chi connectivity index (χ4n) is 4.33. The number of carbonyl (C=O) groups is 1. The minimum absolute atomic E-state index is 0.175. The van der Waals surface area contributed by atoms with E-state index in [1.807, 2.05) is 12.1 Å². The maximum atomic E-state index is 12.4. The quantitative estimate of drug-likeness (QED) is 0.400. The highest BCUT2D eigenvalue weighted by Crippen LogP contribution is 2.51. The lowest BCUT2D eigenvalue weighted by atomic mass is 9.97. The number of anilines is 1. The molecule has 2 atom stereocenters. The molecule has 0 radical (unpaired) electrons. The molecule has 0 heterocycles. The summed E-state index contributed by atoms with van der Waals surface area (Å²) in [5, 5.41) is 5.97. The van der Waals surface area contributed by atoms with Crippen LogP contribution in [-0.2, 0) is 6.42 Å². The van der Waals surface area contributed by atoms with E-state index in [0.717, 1.165) is 18.5 Å². The second-order valence-corrected chi connectivity index (χ2v) is 8.87. The van der Waals surface area contributed by atoms with Gasteiger partial charge in [0.05, 0.1) is 0 Å². The van der Waals surface area contributed by atoms with Crippen molar-refractivity contribution in [2.45, 2.75) is 24.3 Å². The fraction of sp³-hybridized carbons (Fsp3) is 0.148. The minimum atomic E-state index is -0.214. The molecule has 4 aromatic carbocycles. The highest BCUT2D eigenvalue weighted by molar-refractivity contribution is 6.31. The molecule has 3 nitrogen and oxygen atoms in total. The van der Waals surface area contributed by atoms with Gasteiger partial charge in [-0.1, -0.05) is 72.3 Å². The largest absolute Gasteiger partial charge is 0.324 e. The van der Waals surface area contributed by atoms with Crippen molar-refractivity contribution in [2.75, 3.05) is 5.32 Å². The lowest BCUT2D eigenvalue weighted by molar-refractivity contribution is 0.102. The third kappa shape index (κ3) is 4.20. The molecule has 4 aromatic rings. The average molecular weight is 427 g/mol. The van der Waals surface area contributed by atoms with E-state index in [9.17, 15) is 4.79 Å². The number of hydrogen-bond acceptors (Lipinski definition) is 2. The topological polar surface area (TPSA) is 55.1 Å². The zero-order chi connectivity index (χ0) is 21.4. The zero-order valence-electron chi connectivity index (χ0n) is 17.0. The summed E-state index contributed by atoms with van der Waals surface area (Å²) in [6.45, 7) is 0. The molecule has 0 bridgehead atoms. The maximum Gasteiger partial charge on any atom is 0.255 e. The van der Waals surface area contributed by atoms with Crippen molar-refractivity contribution < 1.29 is 4.79 Å². The van der Waals surface area contributed by atoms with E-state index < -0.39 is 0 Å². The molecule has 5 rings (SSSR count). The molecule has 0 unspecified atom stereocenters. The predicted octanol–water partition coefficient (Wildman–Crippen LogP) is 6.17. The second-order valence-electron chi connectivity index (χ2n) is 8.43. The SMILES string of the molecule is N[C@@]1(Cc2ccc3ccccc3c2)C[C@H]1c1ccc(NC(=O)c2cccc(Cl)c2)cc1. The molecule has 31 heavy (non-hydrogen) atoms. The van der Waals surface area contributed by atoms with E-state index in [1.54, 1.807) is 24.3 Å². The first-order valence-corrected chi connectivity index (χ1v) is 10.8. The normalized spacial score (nSPS) is 19.9. The number of rotatable bonds is 5. The Morgan fingerprint density at radius 1 is 0.935 bits per heavy atom. The fourth-order valence-corrected chi connectivity index (χ4v) is 4.52. The Bertz CT molecular complexity index is 1270. The van der Waals surface area contributed by atoms with Gasteiger partial charge >= 0.3 is 0 Å². The number of nitrogens with two attached hydrogens (primary N) is 1. The van der Waals surface area contributed by atoms with Crippen LogP contribution in [0.4, 0.5) is 5.69 Å². The summed E-state index contributed by atoms with van der Waals surface area (Å²) in [6.07, 6.45) is 1.82. The molecule has 3 N–H and O–H groups in total. The Morgan fingerprint density at radius 2 is 1.71 bits per heavy atom. The predicted molar refractivity (Wildman–Crippen MR) is 128 cm³/mol. The van der Waals surface area contributed by atoms with E-state index in [-0.39, 0.29) is 11.4 Å². The number of hydrogen-bond donors (Lipinski definition) is 2. The Hall–Kier alpha value is -3.14. The van der Waals surface area contributed by atoms with Crippen molar-refractivity contribution >= 4 is 34.0 Å². The van der Waals surface area contributed by atoms with Gasteiger partial charge in [-0.3, -0.25) is 4.79 Å². The molecule has 1 aliphatic carbocycles. The summed E-state index contributed by atoms with van der Waals surface area (Å²) in [6, 6.07) is 29.9. The van der Waals surface area contributed by atoms with Crippen LogP contribution in [0, 0.1) is 0 Å². The molecule has 1 saturated carbocycles. The number of benzene rings is 4. The van der Waals surface area contributed by atoms with Gasteiger partial charge in [0.25, 0.3) is 5.91 Å². The standard InChI is InChI=1S/C27H23ClN2O/c28-23-7-3-6-22(15-23)26(31)30-24-12-10-20(11-13-24)25-17-27(25,29)16-18-8-9-19-4-1-2-5-21(19)14-18/h1-15,25H,16-17,29H2,(H,30,31)/t25-,27-/m0/s1. The molecule has 0 saturated heterocycles. The molecule has 0 spiro atoms. The molecule has 4 heteroatoms. The van der Waals surface area contributed by atoms with Crippen LogP contribution in [0.15, 0.2) is 91.0 Å². The van der Waals surface area contributed by atoms with Gasteiger partial charge in [0.15, 0.2) is 0 Å². The van der Waals surface area contributed by atoms with Crippen molar-refractivity contribution in [1.29, 1.82) is 0 Å². The molecule has 1 fully saturated rings. The number of nitrogens with one attached hydrogen (secondary N) is 1. The number of fused-ring (bicyclic) bond motifs is 1. The monoisotopic (exact) mass is 426 g/mol. The van der Waals surface area contributed by atoms with Gasteiger partial charge in [0.2, 0.25) is 0 Å². The lowest BCUT2D eigenvalue weighted by Gasteiger charge is -2.13. The van der Waals surface area contributed by atoms with Crippen LogP contribution < -0.4 is 11.1 Å². The Kier molecular flexibility index (Phi) is 5.01. The van der Waals surface area contributed by atoms with Crippen molar-refractivity contribution in [3.8, 4) is 0 Å².